The van der Waals surface area contributed by atoms with E-state index in [2.05, 4.69) is 6.07 Å². The van der Waals surface area contributed by atoms with E-state index in [4.69, 9.17) is 0 Å². The van der Waals surface area contributed by atoms with E-state index in [9.17, 15) is 8.78 Å². The number of hydrogen-bond acceptors (Lipinski definition) is 0. The fourth-order valence-electron chi connectivity index (χ4n) is 5.16. The van der Waals surface area contributed by atoms with Gasteiger partial charge in [-0.3, -0.25) is 4.39 Å². The molecule has 2 saturated carbocycles. The Bertz CT molecular complexity index is 482. The summed E-state index contributed by atoms with van der Waals surface area (Å²) in [5.41, 5.74) is 1.20. The number of alkyl halides is 1. The first-order valence-corrected chi connectivity index (χ1v) is 10.1. The summed E-state index contributed by atoms with van der Waals surface area (Å²) in [6.45, 7) is -0.149. The smallest absolute Gasteiger partial charge is 0.123 e. The highest BCUT2D eigenvalue weighted by Crippen LogP contribution is 2.44. The lowest BCUT2D eigenvalue weighted by atomic mass is 9.68. The number of unbranched alkanes of at least 4 members (excludes halogenated alkanes) is 1. The van der Waals surface area contributed by atoms with Gasteiger partial charge in [0.05, 0.1) is 6.67 Å². The zero-order valence-electron chi connectivity index (χ0n) is 14.9. The predicted molar refractivity (Wildman–Crippen MR) is 96.4 cm³/mol. The number of hydrogen-bond donors (Lipinski definition) is 0. The molecule has 1 aromatic rings. The Balaban J connectivity index is 1.41. The third kappa shape index (κ3) is 4.80. The standard InChI is InChI=1S/C22H32F2/c23-15-2-1-4-17-7-9-18(10-8-17)19-11-13-20(14-12-19)21-5-3-6-22(24)16-21/h3,5-6,16-20H,1-2,4,7-15H2. The van der Waals surface area contributed by atoms with E-state index < -0.39 is 0 Å². The summed E-state index contributed by atoms with van der Waals surface area (Å²) in [7, 11) is 0. The van der Waals surface area contributed by atoms with Crippen molar-refractivity contribution in [2.45, 2.75) is 76.5 Å². The molecule has 0 spiro atoms. The average molecular weight is 334 g/mol. The van der Waals surface area contributed by atoms with Gasteiger partial charge in [0.2, 0.25) is 0 Å². The monoisotopic (exact) mass is 334 g/mol. The molecule has 0 aliphatic heterocycles. The van der Waals surface area contributed by atoms with E-state index in [1.54, 1.807) is 12.1 Å². The highest BCUT2D eigenvalue weighted by molar-refractivity contribution is 5.21. The fraction of sp³-hybridized carbons (Fsp3) is 0.727. The van der Waals surface area contributed by atoms with Gasteiger partial charge in [-0.05, 0) is 86.3 Å². The molecule has 0 unspecified atom stereocenters. The van der Waals surface area contributed by atoms with Gasteiger partial charge in [0.1, 0.15) is 5.82 Å². The SMILES string of the molecule is FCCCCC1CCC(C2CCC(c3cccc(F)c3)CC2)CC1. The van der Waals surface area contributed by atoms with Crippen LogP contribution >= 0.6 is 0 Å². The lowest BCUT2D eigenvalue weighted by Gasteiger charge is -2.38. The minimum Gasteiger partial charge on any atom is -0.251 e. The first-order valence-electron chi connectivity index (χ1n) is 10.1. The van der Waals surface area contributed by atoms with Crippen molar-refractivity contribution in [3.8, 4) is 0 Å². The zero-order chi connectivity index (χ0) is 16.8. The van der Waals surface area contributed by atoms with E-state index in [1.165, 1.54) is 63.4 Å². The minimum atomic E-state index is -0.149. The summed E-state index contributed by atoms with van der Waals surface area (Å²) < 4.78 is 25.6. The van der Waals surface area contributed by atoms with Gasteiger partial charge in [-0.25, -0.2) is 4.39 Å². The normalized spacial score (nSPS) is 31.1. The molecule has 24 heavy (non-hydrogen) atoms. The Labute approximate surface area is 146 Å². The molecule has 0 heterocycles. The molecule has 0 atom stereocenters. The van der Waals surface area contributed by atoms with Gasteiger partial charge in [-0.2, -0.15) is 0 Å². The summed E-state index contributed by atoms with van der Waals surface area (Å²) in [6, 6.07) is 7.21. The van der Waals surface area contributed by atoms with E-state index in [0.717, 1.165) is 30.6 Å². The van der Waals surface area contributed by atoms with Crippen LogP contribution in [0.15, 0.2) is 24.3 Å². The van der Waals surface area contributed by atoms with Crippen molar-refractivity contribution in [1.29, 1.82) is 0 Å². The van der Waals surface area contributed by atoms with Gasteiger partial charge in [-0.1, -0.05) is 37.8 Å². The van der Waals surface area contributed by atoms with Gasteiger partial charge < -0.3 is 0 Å². The van der Waals surface area contributed by atoms with Crippen LogP contribution in [0.25, 0.3) is 0 Å². The van der Waals surface area contributed by atoms with Crippen LogP contribution in [-0.4, -0.2) is 6.67 Å². The van der Waals surface area contributed by atoms with Gasteiger partial charge >= 0.3 is 0 Å². The maximum atomic E-state index is 13.4. The maximum Gasteiger partial charge on any atom is 0.123 e. The second kappa shape index (κ2) is 8.97. The van der Waals surface area contributed by atoms with Crippen LogP contribution in [0, 0.1) is 23.6 Å². The van der Waals surface area contributed by atoms with E-state index in [-0.39, 0.29) is 12.5 Å². The van der Waals surface area contributed by atoms with Gasteiger partial charge in [0.25, 0.3) is 0 Å². The van der Waals surface area contributed by atoms with E-state index >= 15 is 0 Å². The number of benzene rings is 1. The van der Waals surface area contributed by atoms with Crippen LogP contribution < -0.4 is 0 Å². The van der Waals surface area contributed by atoms with Crippen molar-refractivity contribution in [2.24, 2.45) is 17.8 Å². The lowest BCUT2D eigenvalue weighted by Crippen LogP contribution is -2.25. The second-order valence-corrected chi connectivity index (χ2v) is 8.13. The molecule has 0 amide bonds. The molecule has 2 fully saturated rings. The Morgan fingerprint density at radius 3 is 2.12 bits per heavy atom. The third-order valence-corrected chi connectivity index (χ3v) is 6.65. The fourth-order valence-corrected chi connectivity index (χ4v) is 5.16. The highest BCUT2D eigenvalue weighted by atomic mass is 19.1. The van der Waals surface area contributed by atoms with E-state index in [1.807, 2.05) is 6.07 Å². The molecule has 3 rings (SSSR count). The highest BCUT2D eigenvalue weighted by Gasteiger charge is 2.31. The van der Waals surface area contributed by atoms with Crippen molar-refractivity contribution in [3.63, 3.8) is 0 Å². The molecule has 0 nitrogen and oxygen atoms in total. The van der Waals surface area contributed by atoms with Crippen LogP contribution in [0.4, 0.5) is 8.78 Å². The quantitative estimate of drug-likeness (QED) is 0.489. The molecular weight excluding hydrogens is 302 g/mol. The lowest BCUT2D eigenvalue weighted by molar-refractivity contribution is 0.155. The number of rotatable bonds is 6. The topological polar surface area (TPSA) is 0 Å². The molecule has 2 aliphatic rings. The molecular formula is C22H32F2. The first kappa shape index (κ1) is 17.9. The van der Waals surface area contributed by atoms with Crippen molar-refractivity contribution < 1.29 is 8.78 Å². The first-order chi connectivity index (χ1) is 11.8. The molecule has 2 aliphatic carbocycles. The largest absolute Gasteiger partial charge is 0.251 e. The number of halogens is 2. The van der Waals surface area contributed by atoms with Crippen LogP contribution in [-0.2, 0) is 0 Å². The Morgan fingerprint density at radius 1 is 0.833 bits per heavy atom. The second-order valence-electron chi connectivity index (χ2n) is 8.13. The van der Waals surface area contributed by atoms with Gasteiger partial charge in [0.15, 0.2) is 0 Å². The van der Waals surface area contributed by atoms with Crippen LogP contribution in [0.5, 0.6) is 0 Å². The molecule has 0 bridgehead atoms. The summed E-state index contributed by atoms with van der Waals surface area (Å²) in [5, 5.41) is 0. The third-order valence-electron chi connectivity index (χ3n) is 6.65. The molecule has 0 N–H and O–H groups in total. The molecule has 0 radical (unpaired) electrons. The Morgan fingerprint density at radius 2 is 1.50 bits per heavy atom. The zero-order valence-corrected chi connectivity index (χ0v) is 14.9. The van der Waals surface area contributed by atoms with E-state index in [0.29, 0.717) is 5.92 Å². The summed E-state index contributed by atoms with van der Waals surface area (Å²) in [4.78, 5) is 0. The van der Waals surface area contributed by atoms with Gasteiger partial charge in [-0.15, -0.1) is 0 Å². The summed E-state index contributed by atoms with van der Waals surface area (Å²) >= 11 is 0. The Kier molecular flexibility index (Phi) is 6.68. The molecule has 2 heteroatoms. The predicted octanol–water partition coefficient (Wildman–Crippen LogP) is 7.05. The molecule has 0 aromatic heterocycles. The van der Waals surface area contributed by atoms with Crippen molar-refractivity contribution in [3.05, 3.63) is 35.6 Å². The van der Waals surface area contributed by atoms with Crippen LogP contribution in [0.2, 0.25) is 0 Å². The molecule has 0 saturated heterocycles. The molecule has 134 valence electrons. The summed E-state index contributed by atoms with van der Waals surface area (Å²) in [6.07, 6.45) is 13.6. The molecule has 1 aromatic carbocycles. The minimum absolute atomic E-state index is 0.0966. The van der Waals surface area contributed by atoms with Gasteiger partial charge in [0, 0.05) is 0 Å². The average Bonchev–Trinajstić information content (AvgIpc) is 2.63. The van der Waals surface area contributed by atoms with Crippen molar-refractivity contribution >= 4 is 0 Å². The van der Waals surface area contributed by atoms with Crippen LogP contribution in [0.3, 0.4) is 0 Å². The van der Waals surface area contributed by atoms with Crippen molar-refractivity contribution in [2.75, 3.05) is 6.67 Å². The van der Waals surface area contributed by atoms with Crippen LogP contribution in [0.1, 0.15) is 82.1 Å². The maximum absolute atomic E-state index is 13.4. The Hall–Kier alpha value is -0.920. The van der Waals surface area contributed by atoms with Crippen molar-refractivity contribution in [1.82, 2.24) is 0 Å². The summed E-state index contributed by atoms with van der Waals surface area (Å²) in [5.74, 6) is 3.13.